The van der Waals surface area contributed by atoms with Gasteiger partial charge < -0.3 is 8.98 Å². The topological polar surface area (TPSA) is 42.4 Å². The predicted octanol–water partition coefficient (Wildman–Crippen LogP) is 3.50. The van der Waals surface area contributed by atoms with Gasteiger partial charge in [0.05, 0.1) is 12.9 Å². The average molecular weight is 396 g/mol. The van der Waals surface area contributed by atoms with Gasteiger partial charge in [-0.1, -0.05) is 42.5 Å². The lowest BCUT2D eigenvalue weighted by molar-refractivity contribution is 0.110. The van der Waals surface area contributed by atoms with Gasteiger partial charge in [-0.2, -0.15) is 0 Å². The van der Waals surface area contributed by atoms with Gasteiger partial charge in [-0.05, 0) is 29.9 Å². The Morgan fingerprint density at radius 1 is 1.04 bits per heavy atom. The molecule has 0 amide bonds. The molecule has 1 saturated heterocycles. The summed E-state index contributed by atoms with van der Waals surface area (Å²) in [6, 6.07) is 14.2. The first kappa shape index (κ1) is 18.9. The third-order valence-corrected chi connectivity index (χ3v) is 5.54. The molecule has 4 rings (SSSR count). The monoisotopic (exact) mass is 395 g/mol. The van der Waals surface area contributed by atoms with E-state index in [-0.39, 0.29) is 0 Å². The van der Waals surface area contributed by atoms with Crippen LogP contribution in [0.15, 0.2) is 59.2 Å². The standard InChI is InChI=1S/C21H25N5OS/c1-23-20(19-10-6-16-27-19)22-26(21(23)28)17-25-14-12-24(13-15-25)11-5-9-18-7-3-2-4-8-18/h2-10,16H,11-15,17H2,1H3/b9-5+. The van der Waals surface area contributed by atoms with Gasteiger partial charge in [0.1, 0.15) is 0 Å². The molecule has 1 aliphatic heterocycles. The van der Waals surface area contributed by atoms with E-state index in [1.165, 1.54) is 5.56 Å². The average Bonchev–Trinajstić information content (AvgIpc) is 3.35. The Kier molecular flexibility index (Phi) is 5.85. The minimum absolute atomic E-state index is 0.708. The maximum atomic E-state index is 5.56. The number of furan rings is 1. The second-order valence-electron chi connectivity index (χ2n) is 7.02. The Morgan fingerprint density at radius 3 is 2.50 bits per heavy atom. The zero-order valence-corrected chi connectivity index (χ0v) is 16.9. The summed E-state index contributed by atoms with van der Waals surface area (Å²) in [5, 5.41) is 4.66. The molecular formula is C21H25N5OS. The summed E-state index contributed by atoms with van der Waals surface area (Å²) < 4.78 is 9.97. The normalized spacial score (nSPS) is 16.2. The molecule has 1 aliphatic rings. The third kappa shape index (κ3) is 4.32. The zero-order valence-electron chi connectivity index (χ0n) is 16.1. The summed E-state index contributed by atoms with van der Waals surface area (Å²) in [5.74, 6) is 1.50. The van der Waals surface area contributed by atoms with Crippen LogP contribution in [0.3, 0.4) is 0 Å². The highest BCUT2D eigenvalue weighted by Gasteiger charge is 2.18. The maximum Gasteiger partial charge on any atom is 0.199 e. The van der Waals surface area contributed by atoms with Crippen LogP contribution >= 0.6 is 12.2 Å². The lowest BCUT2D eigenvalue weighted by Gasteiger charge is -2.33. The molecule has 7 heteroatoms. The fraction of sp³-hybridized carbons (Fsp3) is 0.333. The molecule has 3 aromatic rings. The molecule has 6 nitrogen and oxygen atoms in total. The van der Waals surface area contributed by atoms with Gasteiger partial charge in [0.2, 0.25) is 0 Å². The number of piperazine rings is 1. The van der Waals surface area contributed by atoms with Gasteiger partial charge in [-0.15, -0.1) is 5.10 Å². The van der Waals surface area contributed by atoms with Crippen molar-refractivity contribution < 1.29 is 4.42 Å². The first-order valence-electron chi connectivity index (χ1n) is 9.55. The van der Waals surface area contributed by atoms with Crippen molar-refractivity contribution in [2.75, 3.05) is 32.7 Å². The number of rotatable bonds is 6. The number of hydrogen-bond donors (Lipinski definition) is 0. The van der Waals surface area contributed by atoms with Gasteiger partial charge in [-0.3, -0.25) is 9.80 Å². The molecule has 1 aromatic carbocycles. The maximum absolute atomic E-state index is 5.56. The SMILES string of the molecule is Cn1c(-c2ccco2)nn(CN2CCN(C/C=C/c3ccccc3)CC2)c1=S. The molecule has 0 bridgehead atoms. The van der Waals surface area contributed by atoms with Crippen molar-refractivity contribution in [3.63, 3.8) is 0 Å². The van der Waals surface area contributed by atoms with Crippen molar-refractivity contribution >= 4 is 18.3 Å². The van der Waals surface area contributed by atoms with Crippen molar-refractivity contribution in [1.82, 2.24) is 24.1 Å². The summed E-state index contributed by atoms with van der Waals surface area (Å²) in [5.41, 5.74) is 1.25. The van der Waals surface area contributed by atoms with E-state index in [9.17, 15) is 0 Å². The minimum Gasteiger partial charge on any atom is -0.461 e. The number of nitrogens with zero attached hydrogens (tertiary/aromatic N) is 5. The Labute approximate surface area is 170 Å². The van der Waals surface area contributed by atoms with Crippen molar-refractivity contribution in [1.29, 1.82) is 0 Å². The van der Waals surface area contributed by atoms with E-state index in [1.54, 1.807) is 6.26 Å². The molecule has 0 unspecified atom stereocenters. The van der Waals surface area contributed by atoms with Gasteiger partial charge in [0, 0.05) is 39.8 Å². The smallest absolute Gasteiger partial charge is 0.199 e. The number of hydrogen-bond acceptors (Lipinski definition) is 5. The van der Waals surface area contributed by atoms with E-state index in [0.29, 0.717) is 11.4 Å². The summed E-state index contributed by atoms with van der Waals surface area (Å²) in [6.07, 6.45) is 6.09. The molecule has 0 saturated carbocycles. The van der Waals surface area contributed by atoms with Crippen molar-refractivity contribution in [2.24, 2.45) is 7.05 Å². The van der Waals surface area contributed by atoms with E-state index in [4.69, 9.17) is 16.6 Å². The highest BCUT2D eigenvalue weighted by Crippen LogP contribution is 2.18. The summed E-state index contributed by atoms with van der Waals surface area (Å²) in [6.45, 7) is 5.80. The van der Waals surface area contributed by atoms with Crippen molar-refractivity contribution in [3.8, 4) is 11.6 Å². The van der Waals surface area contributed by atoms with E-state index < -0.39 is 0 Å². The Bertz CT molecular complexity index is 966. The fourth-order valence-electron chi connectivity index (χ4n) is 3.41. The summed E-state index contributed by atoms with van der Waals surface area (Å²) >= 11 is 5.56. The molecule has 2 aromatic heterocycles. The largest absolute Gasteiger partial charge is 0.461 e. The van der Waals surface area contributed by atoms with Crippen LogP contribution in [-0.2, 0) is 13.7 Å². The van der Waals surface area contributed by atoms with Crippen LogP contribution in [-0.4, -0.2) is 56.9 Å². The molecule has 0 atom stereocenters. The molecule has 0 spiro atoms. The van der Waals surface area contributed by atoms with Gasteiger partial charge in [0.15, 0.2) is 16.4 Å². The summed E-state index contributed by atoms with van der Waals surface area (Å²) in [7, 11) is 1.93. The lowest BCUT2D eigenvalue weighted by atomic mass is 10.2. The highest BCUT2D eigenvalue weighted by atomic mass is 32.1. The van der Waals surface area contributed by atoms with Gasteiger partial charge in [0.25, 0.3) is 0 Å². The van der Waals surface area contributed by atoms with Crippen LogP contribution in [0, 0.1) is 4.77 Å². The van der Waals surface area contributed by atoms with Crippen LogP contribution in [0.4, 0.5) is 0 Å². The second-order valence-corrected chi connectivity index (χ2v) is 7.38. The molecule has 0 N–H and O–H groups in total. The Balaban J connectivity index is 1.31. The van der Waals surface area contributed by atoms with E-state index in [2.05, 4.69) is 51.3 Å². The second kappa shape index (κ2) is 8.68. The lowest BCUT2D eigenvalue weighted by Crippen LogP contribution is -2.46. The molecule has 28 heavy (non-hydrogen) atoms. The minimum atomic E-state index is 0.708. The molecule has 0 aliphatic carbocycles. The van der Waals surface area contributed by atoms with Crippen molar-refractivity contribution in [3.05, 3.63) is 65.1 Å². The predicted molar refractivity (Wildman–Crippen MR) is 113 cm³/mol. The first-order valence-corrected chi connectivity index (χ1v) is 9.95. The highest BCUT2D eigenvalue weighted by molar-refractivity contribution is 7.71. The molecule has 0 radical (unpaired) electrons. The number of benzene rings is 1. The summed E-state index contributed by atoms with van der Waals surface area (Å²) in [4.78, 5) is 4.87. The third-order valence-electron chi connectivity index (χ3n) is 5.05. The van der Waals surface area contributed by atoms with Crippen LogP contribution in [0.5, 0.6) is 0 Å². The van der Waals surface area contributed by atoms with Crippen LogP contribution in [0.2, 0.25) is 0 Å². The Morgan fingerprint density at radius 2 is 1.79 bits per heavy atom. The quantitative estimate of drug-likeness (QED) is 0.598. The Hall–Kier alpha value is -2.48. The van der Waals surface area contributed by atoms with Crippen LogP contribution in [0.1, 0.15) is 5.56 Å². The van der Waals surface area contributed by atoms with E-state index >= 15 is 0 Å². The first-order chi connectivity index (χ1) is 13.7. The molecule has 1 fully saturated rings. The van der Waals surface area contributed by atoms with Gasteiger partial charge >= 0.3 is 0 Å². The molecule has 3 heterocycles. The number of aromatic nitrogens is 3. The molecular weight excluding hydrogens is 370 g/mol. The van der Waals surface area contributed by atoms with E-state index in [1.807, 2.05) is 34.5 Å². The van der Waals surface area contributed by atoms with Crippen LogP contribution < -0.4 is 0 Å². The van der Waals surface area contributed by atoms with E-state index in [0.717, 1.165) is 44.3 Å². The van der Waals surface area contributed by atoms with Crippen LogP contribution in [0.25, 0.3) is 17.7 Å². The van der Waals surface area contributed by atoms with Crippen molar-refractivity contribution in [2.45, 2.75) is 6.67 Å². The zero-order chi connectivity index (χ0) is 19.3. The van der Waals surface area contributed by atoms with Gasteiger partial charge in [-0.25, -0.2) is 4.68 Å². The fourth-order valence-corrected chi connectivity index (χ4v) is 3.59. The molecule has 146 valence electrons.